The van der Waals surface area contributed by atoms with Crippen molar-refractivity contribution in [3.63, 3.8) is 0 Å². The molecule has 0 bridgehead atoms. The van der Waals surface area contributed by atoms with Crippen molar-refractivity contribution in [3.05, 3.63) is 29.8 Å². The van der Waals surface area contributed by atoms with Crippen LogP contribution in [0.25, 0.3) is 0 Å². The van der Waals surface area contributed by atoms with E-state index in [4.69, 9.17) is 9.84 Å². The zero-order valence-corrected chi connectivity index (χ0v) is 11.2. The summed E-state index contributed by atoms with van der Waals surface area (Å²) < 4.78 is 18.2. The number of ether oxygens (including phenoxy) is 1. The highest BCUT2D eigenvalue weighted by Crippen LogP contribution is 2.14. The van der Waals surface area contributed by atoms with Gasteiger partial charge >= 0.3 is 6.09 Å². The number of carbonyl (C=O) groups is 1. The van der Waals surface area contributed by atoms with Crippen molar-refractivity contribution in [1.29, 1.82) is 0 Å². The minimum atomic E-state index is -1.01. The summed E-state index contributed by atoms with van der Waals surface area (Å²) in [5.74, 6) is 0.775. The number of amides is 1. The van der Waals surface area contributed by atoms with E-state index >= 15 is 0 Å². The third-order valence-electron chi connectivity index (χ3n) is 3.20. The number of nitrogens with zero attached hydrogens (tertiary/aromatic N) is 1. The monoisotopic (exact) mass is 282 g/mol. The number of carboxylic acid groups (broad SMARTS) is 1. The van der Waals surface area contributed by atoms with Crippen LogP contribution in [-0.2, 0) is 6.42 Å². The Labute approximate surface area is 117 Å². The number of hydrogen-bond donors (Lipinski definition) is 2. The summed E-state index contributed by atoms with van der Waals surface area (Å²) in [5, 5.41) is 10.8. The highest BCUT2D eigenvalue weighted by atomic mass is 19.1. The second-order valence-electron chi connectivity index (χ2n) is 4.83. The molecule has 1 aromatic rings. The highest BCUT2D eigenvalue weighted by Gasteiger charge is 2.25. The summed E-state index contributed by atoms with van der Waals surface area (Å²) in [6, 6.07) is 7.56. The van der Waals surface area contributed by atoms with Crippen molar-refractivity contribution in [3.8, 4) is 5.75 Å². The zero-order valence-electron chi connectivity index (χ0n) is 11.2. The maximum absolute atomic E-state index is 12.6. The number of hydrogen-bond acceptors (Lipinski definition) is 3. The minimum absolute atomic E-state index is 0.398. The molecule has 5 nitrogen and oxygen atoms in total. The van der Waals surface area contributed by atoms with Gasteiger partial charge in [0.25, 0.3) is 0 Å². The van der Waals surface area contributed by atoms with Gasteiger partial charge in [0.2, 0.25) is 0 Å². The molecule has 1 aliphatic rings. The third-order valence-corrected chi connectivity index (χ3v) is 3.20. The van der Waals surface area contributed by atoms with Crippen LogP contribution in [0.5, 0.6) is 5.75 Å². The number of rotatable bonds is 7. The van der Waals surface area contributed by atoms with Gasteiger partial charge in [-0.2, -0.15) is 0 Å². The van der Waals surface area contributed by atoms with Crippen LogP contribution in [0, 0.1) is 0 Å². The molecule has 0 aromatic heterocycles. The van der Waals surface area contributed by atoms with Crippen LogP contribution in [0.1, 0.15) is 5.56 Å². The van der Waals surface area contributed by atoms with Crippen LogP contribution in [0.2, 0.25) is 0 Å². The summed E-state index contributed by atoms with van der Waals surface area (Å²) in [4.78, 5) is 12.3. The van der Waals surface area contributed by atoms with Crippen LogP contribution >= 0.6 is 0 Å². The van der Waals surface area contributed by atoms with Crippen LogP contribution in [-0.4, -0.2) is 55.1 Å². The summed E-state index contributed by atoms with van der Waals surface area (Å²) in [6.07, 6.45) is -1.03. The van der Waals surface area contributed by atoms with E-state index in [1.165, 1.54) is 0 Å². The maximum Gasteiger partial charge on any atom is 0.404 e. The number of alkyl halides is 1. The molecule has 1 fully saturated rings. The van der Waals surface area contributed by atoms with E-state index in [2.05, 4.69) is 5.32 Å². The van der Waals surface area contributed by atoms with Gasteiger partial charge in [0.05, 0.1) is 0 Å². The van der Waals surface area contributed by atoms with E-state index in [-0.39, 0.29) is 0 Å². The highest BCUT2D eigenvalue weighted by molar-refractivity contribution is 5.64. The second kappa shape index (κ2) is 7.09. The smallest absolute Gasteiger partial charge is 0.404 e. The van der Waals surface area contributed by atoms with Crippen molar-refractivity contribution in [1.82, 2.24) is 10.2 Å². The van der Waals surface area contributed by atoms with E-state index < -0.39 is 12.3 Å². The van der Waals surface area contributed by atoms with Gasteiger partial charge < -0.3 is 15.2 Å². The molecular formula is C14H19FN2O3. The molecule has 1 amide bonds. The normalized spacial score (nSPS) is 15.7. The molecule has 20 heavy (non-hydrogen) atoms. The molecular weight excluding hydrogens is 263 g/mol. The lowest BCUT2D eigenvalue weighted by molar-refractivity contribution is 0.0539. The van der Waals surface area contributed by atoms with Gasteiger partial charge in [-0.1, -0.05) is 12.1 Å². The van der Waals surface area contributed by atoms with Gasteiger partial charge in [0.1, 0.15) is 18.5 Å². The fourth-order valence-electron chi connectivity index (χ4n) is 2.05. The van der Waals surface area contributed by atoms with Crippen molar-refractivity contribution in [2.24, 2.45) is 0 Å². The first-order chi connectivity index (χ1) is 9.63. The fourth-order valence-corrected chi connectivity index (χ4v) is 2.05. The zero-order chi connectivity index (χ0) is 14.4. The molecule has 1 saturated heterocycles. The number of likely N-dealkylation sites (tertiary alicyclic amines) is 1. The molecule has 0 saturated carbocycles. The van der Waals surface area contributed by atoms with Gasteiger partial charge in [-0.3, -0.25) is 4.90 Å². The molecule has 1 heterocycles. The van der Waals surface area contributed by atoms with E-state index in [0.29, 0.717) is 32.7 Å². The maximum atomic E-state index is 12.6. The van der Waals surface area contributed by atoms with Gasteiger partial charge in [0, 0.05) is 26.2 Å². The Hall–Kier alpha value is -1.82. The van der Waals surface area contributed by atoms with Crippen molar-refractivity contribution in [2.45, 2.75) is 12.6 Å². The van der Waals surface area contributed by atoms with Crippen molar-refractivity contribution in [2.75, 3.05) is 32.8 Å². The number of benzene rings is 1. The molecule has 0 atom stereocenters. The van der Waals surface area contributed by atoms with Gasteiger partial charge in [-0.25, -0.2) is 9.18 Å². The van der Waals surface area contributed by atoms with Gasteiger partial charge in [0.15, 0.2) is 0 Å². The van der Waals surface area contributed by atoms with Crippen LogP contribution < -0.4 is 10.1 Å². The predicted molar refractivity (Wildman–Crippen MR) is 73.0 cm³/mol. The van der Waals surface area contributed by atoms with E-state index in [1.807, 2.05) is 29.2 Å². The molecule has 0 spiro atoms. The largest absolute Gasteiger partial charge is 0.492 e. The first-order valence-electron chi connectivity index (χ1n) is 6.68. The predicted octanol–water partition coefficient (Wildman–Crippen LogP) is 1.53. The lowest BCUT2D eigenvalue weighted by atomic mass is 10.1. The Balaban J connectivity index is 1.64. The Morgan fingerprint density at radius 3 is 2.70 bits per heavy atom. The average molecular weight is 282 g/mol. The first kappa shape index (κ1) is 14.6. The molecule has 0 aliphatic carbocycles. The van der Waals surface area contributed by atoms with Gasteiger partial charge in [-0.05, 0) is 24.1 Å². The SMILES string of the molecule is O=C(O)NCCc1ccc(OCCN2CC(F)C2)cc1. The standard InChI is InChI=1S/C14H19FN2O3/c15-12-9-17(10-12)7-8-20-13-3-1-11(2-4-13)5-6-16-14(18)19/h1-4,12,16H,5-10H2,(H,18,19). The molecule has 6 heteroatoms. The van der Waals surface area contributed by atoms with Crippen LogP contribution in [0.4, 0.5) is 9.18 Å². The second-order valence-corrected chi connectivity index (χ2v) is 4.83. The molecule has 1 aromatic carbocycles. The summed E-state index contributed by atoms with van der Waals surface area (Å²) in [7, 11) is 0. The Morgan fingerprint density at radius 1 is 1.40 bits per heavy atom. The lowest BCUT2D eigenvalue weighted by Crippen LogP contribution is -2.49. The molecule has 1 aliphatic heterocycles. The summed E-state index contributed by atoms with van der Waals surface area (Å²) in [6.45, 7) is 2.71. The molecule has 2 rings (SSSR count). The van der Waals surface area contributed by atoms with Crippen LogP contribution in [0.15, 0.2) is 24.3 Å². The third kappa shape index (κ3) is 4.70. The van der Waals surface area contributed by atoms with E-state index in [1.54, 1.807) is 0 Å². The molecule has 2 N–H and O–H groups in total. The van der Waals surface area contributed by atoms with Crippen LogP contribution in [0.3, 0.4) is 0 Å². The Morgan fingerprint density at radius 2 is 2.10 bits per heavy atom. The number of halogens is 1. The minimum Gasteiger partial charge on any atom is -0.492 e. The van der Waals surface area contributed by atoms with E-state index in [9.17, 15) is 9.18 Å². The average Bonchev–Trinajstić information content (AvgIpc) is 2.38. The molecule has 110 valence electrons. The topological polar surface area (TPSA) is 61.8 Å². The first-order valence-corrected chi connectivity index (χ1v) is 6.68. The Kier molecular flexibility index (Phi) is 5.17. The quantitative estimate of drug-likeness (QED) is 0.796. The van der Waals surface area contributed by atoms with Gasteiger partial charge in [-0.15, -0.1) is 0 Å². The Bertz CT molecular complexity index is 433. The van der Waals surface area contributed by atoms with Crippen molar-refractivity contribution < 1.29 is 19.0 Å². The molecule has 0 unspecified atom stereocenters. The number of nitrogens with one attached hydrogen (secondary N) is 1. The van der Waals surface area contributed by atoms with Crippen molar-refractivity contribution >= 4 is 6.09 Å². The van der Waals surface area contributed by atoms with E-state index in [0.717, 1.165) is 17.9 Å². The molecule has 0 radical (unpaired) electrons. The summed E-state index contributed by atoms with van der Waals surface area (Å²) >= 11 is 0. The summed E-state index contributed by atoms with van der Waals surface area (Å²) in [5.41, 5.74) is 1.05. The fraction of sp³-hybridized carbons (Fsp3) is 0.500. The lowest BCUT2D eigenvalue weighted by Gasteiger charge is -2.33.